The van der Waals surface area contributed by atoms with Crippen LogP contribution >= 0.6 is 0 Å². The number of halogens is 2. The number of carbonyl (C=O) groups is 1. The van der Waals surface area contributed by atoms with Crippen LogP contribution in [0.1, 0.15) is 77.6 Å². The number of rotatable bonds is 13. The highest BCUT2D eigenvalue weighted by Crippen LogP contribution is 2.51. The van der Waals surface area contributed by atoms with Crippen LogP contribution < -0.4 is 10.6 Å². The second-order valence-corrected chi connectivity index (χ2v) is 11.5. The average Bonchev–Trinajstić information content (AvgIpc) is 3.64. The molecule has 206 valence electrons. The summed E-state index contributed by atoms with van der Waals surface area (Å²) in [7, 11) is 0. The first-order chi connectivity index (χ1) is 18.0. The van der Waals surface area contributed by atoms with Crippen molar-refractivity contribution in [3.63, 3.8) is 0 Å². The highest BCUT2D eigenvalue weighted by atomic mass is 19.3. The molecule has 0 spiro atoms. The van der Waals surface area contributed by atoms with E-state index in [-0.39, 0.29) is 18.4 Å². The maximum Gasteiger partial charge on any atom is 0.245 e. The third-order valence-electron chi connectivity index (χ3n) is 9.03. The van der Waals surface area contributed by atoms with Gasteiger partial charge in [-0.2, -0.15) is 0 Å². The van der Waals surface area contributed by atoms with Gasteiger partial charge in [0, 0.05) is 30.3 Å². The van der Waals surface area contributed by atoms with Gasteiger partial charge in [0.2, 0.25) is 12.3 Å². The van der Waals surface area contributed by atoms with Crippen molar-refractivity contribution in [3.05, 3.63) is 35.6 Å². The summed E-state index contributed by atoms with van der Waals surface area (Å²) in [5.74, 6) is 1.72. The summed E-state index contributed by atoms with van der Waals surface area (Å²) < 4.78 is 25.9. The Hall–Kier alpha value is -2.02. The lowest BCUT2D eigenvalue weighted by atomic mass is 9.76. The van der Waals surface area contributed by atoms with Crippen LogP contribution in [0.5, 0.6) is 0 Å². The highest BCUT2D eigenvalue weighted by Gasteiger charge is 2.52. The molecule has 2 saturated carbocycles. The first kappa shape index (κ1) is 28.0. The Morgan fingerprint density at radius 1 is 1.16 bits per heavy atom. The van der Waals surface area contributed by atoms with Crippen molar-refractivity contribution < 1.29 is 18.7 Å². The van der Waals surface area contributed by atoms with E-state index < -0.39 is 18.6 Å². The molecule has 0 aromatic heterocycles. The number of aliphatic hydroxyl groups is 1. The van der Waals surface area contributed by atoms with E-state index >= 15 is 0 Å². The Morgan fingerprint density at radius 3 is 2.65 bits per heavy atom. The van der Waals surface area contributed by atoms with Crippen LogP contribution in [0, 0.1) is 35.5 Å². The maximum absolute atomic E-state index is 12.9. The van der Waals surface area contributed by atoms with E-state index in [1.165, 1.54) is 51.0 Å². The monoisotopic (exact) mass is 517 g/mol. The quantitative estimate of drug-likeness (QED) is 0.214. The summed E-state index contributed by atoms with van der Waals surface area (Å²) >= 11 is 0. The predicted molar refractivity (Wildman–Crippen MR) is 144 cm³/mol. The lowest BCUT2D eigenvalue weighted by Gasteiger charge is -2.30. The molecule has 4 aliphatic rings. The average molecular weight is 518 g/mol. The molecule has 5 atom stereocenters. The Morgan fingerprint density at radius 2 is 1.95 bits per heavy atom. The zero-order valence-electron chi connectivity index (χ0n) is 22.3. The minimum absolute atomic E-state index is 0.0108. The summed E-state index contributed by atoms with van der Waals surface area (Å²) in [6, 6.07) is 0. The largest absolute Gasteiger partial charge is 0.372 e. The summed E-state index contributed by atoms with van der Waals surface area (Å²) in [6.07, 6.45) is 18.3. The van der Waals surface area contributed by atoms with Gasteiger partial charge in [0.15, 0.2) is 0 Å². The lowest BCUT2D eigenvalue weighted by Crippen LogP contribution is -2.41. The van der Waals surface area contributed by atoms with Gasteiger partial charge < -0.3 is 15.7 Å². The van der Waals surface area contributed by atoms with Gasteiger partial charge in [-0.15, -0.1) is 0 Å². The lowest BCUT2D eigenvalue weighted by molar-refractivity contribution is -0.123. The summed E-state index contributed by atoms with van der Waals surface area (Å²) in [5.41, 5.74) is 2.09. The fraction of sp³-hybridized carbons (Fsp3) is 0.733. The van der Waals surface area contributed by atoms with E-state index in [0.29, 0.717) is 24.0 Å². The molecule has 1 aliphatic heterocycles. The Bertz CT molecular complexity index is 876. The zero-order chi connectivity index (χ0) is 26.2. The van der Waals surface area contributed by atoms with E-state index in [1.54, 1.807) is 17.7 Å². The van der Waals surface area contributed by atoms with Crippen molar-refractivity contribution in [2.24, 2.45) is 40.5 Å². The molecular formula is C30H45F2N3O2. The molecule has 4 unspecified atom stereocenters. The molecule has 3 N–H and O–H groups in total. The van der Waals surface area contributed by atoms with Gasteiger partial charge in [-0.25, -0.2) is 8.78 Å². The Labute approximate surface area is 221 Å². The molecule has 1 heterocycles. The molecule has 0 radical (unpaired) electrons. The molecular weight excluding hydrogens is 472 g/mol. The second kappa shape index (κ2) is 13.7. The van der Waals surface area contributed by atoms with Gasteiger partial charge in [0.05, 0.1) is 6.54 Å². The highest BCUT2D eigenvalue weighted by molar-refractivity contribution is 5.82. The number of nitrogens with one attached hydrogen (secondary N) is 2. The number of amides is 1. The van der Waals surface area contributed by atoms with Crippen LogP contribution in [0.25, 0.3) is 0 Å². The van der Waals surface area contributed by atoms with Gasteiger partial charge in [-0.1, -0.05) is 50.3 Å². The predicted octanol–water partition coefficient (Wildman–Crippen LogP) is 5.78. The van der Waals surface area contributed by atoms with Gasteiger partial charge in [0.1, 0.15) is 6.23 Å². The summed E-state index contributed by atoms with van der Waals surface area (Å²) in [6.45, 7) is 3.17. The molecule has 2 fully saturated rings. The zero-order valence-corrected chi connectivity index (χ0v) is 22.3. The number of aliphatic imine (C=N–C) groups is 1. The van der Waals surface area contributed by atoms with Crippen molar-refractivity contribution >= 4 is 12.1 Å². The first-order valence-corrected chi connectivity index (χ1v) is 14.5. The van der Waals surface area contributed by atoms with E-state index in [1.807, 2.05) is 6.21 Å². The third kappa shape index (κ3) is 7.98. The molecule has 0 aromatic rings. The number of dihydropyridines is 1. The third-order valence-corrected chi connectivity index (χ3v) is 9.03. The van der Waals surface area contributed by atoms with E-state index in [4.69, 9.17) is 0 Å². The number of nitrogens with zero attached hydrogens (tertiary/aromatic N) is 1. The van der Waals surface area contributed by atoms with E-state index in [2.05, 4.69) is 28.6 Å². The van der Waals surface area contributed by atoms with Crippen molar-refractivity contribution in [2.45, 2.75) is 90.2 Å². The van der Waals surface area contributed by atoms with E-state index in [9.17, 15) is 18.7 Å². The van der Waals surface area contributed by atoms with Crippen molar-refractivity contribution in [3.8, 4) is 0 Å². The molecule has 1 amide bonds. The number of hydrogen-bond donors (Lipinski definition) is 3. The minimum Gasteiger partial charge on any atom is -0.372 e. The molecule has 5 nitrogen and oxygen atoms in total. The minimum atomic E-state index is -2.42. The standard InChI is InChI=1S/C30H45F2N3O2/c1-2-25-26(9-4-3-6-20-10-12-21(13-11-20)22-14-16-33-17-15-22)28(25)30(37)34-19-27(36)35-24-8-5-7-23(18-24)29(31)32/h5,8,14,16,18,20-21,23,25-29,35-36H,2-4,6-7,9-13,15,17,19H2,1H3,(H,34,37)/t20?,21?,23?,25?,26?,27?,28-/m1/s1. The normalized spacial score (nSPS) is 32.0. The summed E-state index contributed by atoms with van der Waals surface area (Å²) in [4.78, 5) is 17.1. The van der Waals surface area contributed by atoms with Crippen molar-refractivity contribution in [2.75, 3.05) is 13.1 Å². The Kier molecular flexibility index (Phi) is 10.4. The number of unbranched alkanes of at least 4 members (excludes halogenated alkanes) is 1. The smallest absolute Gasteiger partial charge is 0.245 e. The summed E-state index contributed by atoms with van der Waals surface area (Å²) in [5, 5.41) is 16.0. The van der Waals surface area contributed by atoms with Crippen LogP contribution in [0.15, 0.2) is 40.6 Å². The van der Waals surface area contributed by atoms with Gasteiger partial charge in [-0.05, 0) is 80.8 Å². The van der Waals surface area contributed by atoms with Crippen LogP contribution in [-0.4, -0.2) is 43.0 Å². The molecule has 4 rings (SSSR count). The van der Waals surface area contributed by atoms with Crippen molar-refractivity contribution in [1.82, 2.24) is 10.6 Å². The number of aliphatic hydroxyl groups excluding tert-OH is 1. The molecule has 37 heavy (non-hydrogen) atoms. The molecule has 0 aromatic carbocycles. The van der Waals surface area contributed by atoms with Gasteiger partial charge >= 0.3 is 0 Å². The number of carbonyl (C=O) groups excluding carboxylic acids is 1. The topological polar surface area (TPSA) is 73.7 Å². The first-order valence-electron chi connectivity index (χ1n) is 14.5. The fourth-order valence-electron chi connectivity index (χ4n) is 6.80. The maximum atomic E-state index is 12.9. The number of hydrogen-bond acceptors (Lipinski definition) is 4. The van der Waals surface area contributed by atoms with Crippen molar-refractivity contribution in [1.29, 1.82) is 0 Å². The van der Waals surface area contributed by atoms with Crippen LogP contribution in [0.4, 0.5) is 8.78 Å². The molecule has 0 bridgehead atoms. The van der Waals surface area contributed by atoms with Crippen LogP contribution in [0.2, 0.25) is 0 Å². The number of allylic oxidation sites excluding steroid dienone is 4. The SMILES string of the molecule is CCC1C(CCCCC2CCC(C3=CC=NCC3)CC2)[C@@H]1C(=O)NCC(O)NC1=CC(C(F)F)CC=C1. The van der Waals surface area contributed by atoms with Gasteiger partial charge in [0.25, 0.3) is 0 Å². The van der Waals surface area contributed by atoms with Crippen LogP contribution in [-0.2, 0) is 4.79 Å². The van der Waals surface area contributed by atoms with E-state index in [0.717, 1.165) is 37.6 Å². The molecule has 0 saturated heterocycles. The fourth-order valence-corrected chi connectivity index (χ4v) is 6.80. The Balaban J connectivity index is 1.10. The number of alkyl halides is 2. The second-order valence-electron chi connectivity index (χ2n) is 11.5. The molecule has 3 aliphatic carbocycles. The molecule has 7 heteroatoms. The van der Waals surface area contributed by atoms with Crippen LogP contribution in [0.3, 0.4) is 0 Å². The van der Waals surface area contributed by atoms with Gasteiger partial charge in [-0.3, -0.25) is 9.79 Å².